The quantitative estimate of drug-likeness (QED) is 0.520. The predicted molar refractivity (Wildman–Crippen MR) is 98.6 cm³/mol. The summed E-state index contributed by atoms with van der Waals surface area (Å²) in [5, 5.41) is 12.4. The van der Waals surface area contributed by atoms with Crippen molar-refractivity contribution in [2.45, 2.75) is 13.5 Å². The molecule has 142 valence electrons. The average Bonchev–Trinajstić information content (AvgIpc) is 3.26. The lowest BCUT2D eigenvalue weighted by Crippen LogP contribution is -2.15. The summed E-state index contributed by atoms with van der Waals surface area (Å²) in [4.78, 5) is 33.4. The first-order valence-electron chi connectivity index (χ1n) is 8.10. The summed E-state index contributed by atoms with van der Waals surface area (Å²) in [5.41, 5.74) is 0.786. The molecule has 0 amide bonds. The van der Waals surface area contributed by atoms with Gasteiger partial charge in [0.15, 0.2) is 0 Å². The molecule has 11 heteroatoms. The summed E-state index contributed by atoms with van der Waals surface area (Å²) in [7, 11) is 1.28. The summed E-state index contributed by atoms with van der Waals surface area (Å²) in [6.45, 7) is 1.75. The maximum Gasteiger partial charge on any atom is 0.348 e. The topological polar surface area (TPSA) is 116 Å². The Kier molecular flexibility index (Phi) is 4.43. The molecular formula is C17H13FN6O3S. The third-order valence-electron chi connectivity index (χ3n) is 4.07. The van der Waals surface area contributed by atoms with Crippen molar-refractivity contribution in [1.29, 1.82) is 0 Å². The van der Waals surface area contributed by atoms with Crippen molar-refractivity contribution in [3.63, 3.8) is 0 Å². The fraction of sp³-hybridized carbons (Fsp3) is 0.176. The number of nitrogens with zero attached hydrogens (tertiary/aromatic N) is 5. The Hall–Kier alpha value is -3.47. The van der Waals surface area contributed by atoms with Crippen LogP contribution in [0.2, 0.25) is 0 Å². The van der Waals surface area contributed by atoms with Crippen LogP contribution in [0.1, 0.15) is 21.1 Å². The molecule has 0 aliphatic carbocycles. The lowest BCUT2D eigenvalue weighted by Gasteiger charge is -1.99. The molecule has 3 heterocycles. The lowest BCUT2D eigenvalue weighted by atomic mass is 10.2. The molecule has 0 aliphatic rings. The van der Waals surface area contributed by atoms with Crippen molar-refractivity contribution in [1.82, 2.24) is 30.2 Å². The molecule has 0 atom stereocenters. The minimum Gasteiger partial charge on any atom is -0.465 e. The number of H-pyrrole nitrogens is 1. The number of halogens is 1. The van der Waals surface area contributed by atoms with Crippen molar-refractivity contribution in [3.05, 3.63) is 56.7 Å². The number of thiophene rings is 1. The molecule has 0 unspecified atom stereocenters. The van der Waals surface area contributed by atoms with E-state index in [9.17, 15) is 14.0 Å². The third kappa shape index (κ3) is 3.16. The predicted octanol–water partition coefficient (Wildman–Crippen LogP) is 1.92. The largest absolute Gasteiger partial charge is 0.465 e. The zero-order valence-corrected chi connectivity index (χ0v) is 15.6. The molecule has 0 saturated carbocycles. The smallest absolute Gasteiger partial charge is 0.348 e. The van der Waals surface area contributed by atoms with Gasteiger partial charge < -0.3 is 9.72 Å². The zero-order valence-electron chi connectivity index (χ0n) is 14.8. The van der Waals surface area contributed by atoms with E-state index in [-0.39, 0.29) is 17.9 Å². The highest BCUT2D eigenvalue weighted by Gasteiger charge is 2.20. The molecule has 4 rings (SSSR count). The fourth-order valence-corrected chi connectivity index (χ4v) is 3.83. The second-order valence-corrected chi connectivity index (χ2v) is 6.89. The number of fused-ring (bicyclic) bond motifs is 1. The van der Waals surface area contributed by atoms with Crippen molar-refractivity contribution in [2.75, 3.05) is 7.11 Å². The van der Waals surface area contributed by atoms with Gasteiger partial charge in [0.05, 0.1) is 12.5 Å². The van der Waals surface area contributed by atoms with E-state index in [1.54, 1.807) is 19.1 Å². The number of aromatic nitrogens is 6. The number of nitrogens with one attached hydrogen (secondary N) is 1. The highest BCUT2D eigenvalue weighted by Crippen LogP contribution is 2.27. The number of aromatic amines is 1. The van der Waals surface area contributed by atoms with E-state index in [4.69, 9.17) is 4.74 Å². The van der Waals surface area contributed by atoms with Crippen LogP contribution in [-0.2, 0) is 11.3 Å². The Bertz CT molecular complexity index is 1240. The van der Waals surface area contributed by atoms with Gasteiger partial charge in [-0.3, -0.25) is 4.79 Å². The van der Waals surface area contributed by atoms with Gasteiger partial charge >= 0.3 is 5.97 Å². The van der Waals surface area contributed by atoms with Gasteiger partial charge in [0.25, 0.3) is 5.56 Å². The van der Waals surface area contributed by atoms with E-state index in [2.05, 4.69) is 25.4 Å². The van der Waals surface area contributed by atoms with Gasteiger partial charge in [0.1, 0.15) is 27.9 Å². The summed E-state index contributed by atoms with van der Waals surface area (Å²) in [5.74, 6) is -0.228. The van der Waals surface area contributed by atoms with Gasteiger partial charge in [-0.1, -0.05) is 0 Å². The molecule has 28 heavy (non-hydrogen) atoms. The minimum absolute atomic E-state index is 0.0733. The maximum atomic E-state index is 13.0. The number of rotatable bonds is 4. The monoisotopic (exact) mass is 400 g/mol. The Balaban J connectivity index is 1.66. The summed E-state index contributed by atoms with van der Waals surface area (Å²) in [6, 6.07) is 5.71. The molecule has 0 radical (unpaired) electrons. The van der Waals surface area contributed by atoms with E-state index in [0.717, 1.165) is 11.3 Å². The fourth-order valence-electron chi connectivity index (χ4n) is 2.71. The highest BCUT2D eigenvalue weighted by molar-refractivity contribution is 7.20. The maximum absolute atomic E-state index is 13.0. The minimum atomic E-state index is -0.511. The van der Waals surface area contributed by atoms with E-state index < -0.39 is 5.97 Å². The van der Waals surface area contributed by atoms with Gasteiger partial charge in [0.2, 0.25) is 5.82 Å². The molecule has 4 aromatic rings. The van der Waals surface area contributed by atoms with Gasteiger partial charge in [-0.2, -0.15) is 4.80 Å². The highest BCUT2D eigenvalue weighted by atomic mass is 32.1. The number of carbonyl (C=O) groups excluding carboxylic acids is 1. The van der Waals surface area contributed by atoms with Crippen molar-refractivity contribution >= 4 is 27.5 Å². The van der Waals surface area contributed by atoms with Crippen LogP contribution in [0.15, 0.2) is 29.1 Å². The summed E-state index contributed by atoms with van der Waals surface area (Å²) >= 11 is 1.09. The van der Waals surface area contributed by atoms with Gasteiger partial charge in [-0.25, -0.2) is 14.2 Å². The van der Waals surface area contributed by atoms with Crippen LogP contribution < -0.4 is 5.56 Å². The number of methoxy groups -OCH3 is 1. The summed E-state index contributed by atoms with van der Waals surface area (Å²) in [6.07, 6.45) is 0. The third-order valence-corrected chi connectivity index (χ3v) is 5.23. The van der Waals surface area contributed by atoms with Crippen LogP contribution in [0.5, 0.6) is 0 Å². The van der Waals surface area contributed by atoms with E-state index in [1.165, 1.54) is 24.0 Å². The molecule has 3 aromatic heterocycles. The molecule has 1 aromatic carbocycles. The standard InChI is InChI=1S/C17H13FN6O3S/c1-8-12-15(25)19-11(20-16(12)28-13(8)17(26)27-2)7-24-22-14(21-23-24)9-3-5-10(18)6-4-9/h3-6H,7H2,1-2H3,(H,19,20,25). The number of carbonyl (C=O) groups is 1. The van der Waals surface area contributed by atoms with Gasteiger partial charge in [-0.05, 0) is 42.0 Å². The van der Waals surface area contributed by atoms with Crippen LogP contribution in [0.4, 0.5) is 4.39 Å². The number of ether oxygens (including phenoxy) is 1. The Morgan fingerprint density at radius 3 is 2.79 bits per heavy atom. The molecular weight excluding hydrogens is 387 g/mol. The van der Waals surface area contributed by atoms with Gasteiger partial charge in [-0.15, -0.1) is 21.5 Å². The number of aryl methyl sites for hydroxylation is 1. The van der Waals surface area contributed by atoms with Crippen molar-refractivity contribution < 1.29 is 13.9 Å². The second kappa shape index (κ2) is 6.93. The second-order valence-electron chi connectivity index (χ2n) is 5.89. The summed E-state index contributed by atoms with van der Waals surface area (Å²) < 4.78 is 17.8. The first kappa shape index (κ1) is 17.9. The van der Waals surface area contributed by atoms with Crippen LogP contribution in [0, 0.1) is 12.7 Å². The molecule has 0 bridgehead atoms. The lowest BCUT2D eigenvalue weighted by molar-refractivity contribution is 0.0605. The Morgan fingerprint density at radius 2 is 2.07 bits per heavy atom. The van der Waals surface area contributed by atoms with Crippen LogP contribution in [-0.4, -0.2) is 43.3 Å². The van der Waals surface area contributed by atoms with Crippen molar-refractivity contribution in [3.8, 4) is 11.4 Å². The SMILES string of the molecule is COC(=O)c1sc2nc(Cn3nnc(-c4ccc(F)cc4)n3)[nH]c(=O)c2c1C. The molecule has 0 aliphatic heterocycles. The molecule has 0 fully saturated rings. The van der Waals surface area contributed by atoms with Gasteiger partial charge in [0, 0.05) is 5.56 Å². The Labute approximate surface area is 160 Å². The normalized spacial score (nSPS) is 11.1. The van der Waals surface area contributed by atoms with Crippen LogP contribution in [0.25, 0.3) is 21.6 Å². The molecule has 9 nitrogen and oxygen atoms in total. The Morgan fingerprint density at radius 1 is 1.32 bits per heavy atom. The van der Waals surface area contributed by atoms with E-state index in [1.807, 2.05) is 0 Å². The van der Waals surface area contributed by atoms with Crippen LogP contribution in [0.3, 0.4) is 0 Å². The first-order chi connectivity index (χ1) is 13.5. The molecule has 0 spiro atoms. The number of esters is 1. The number of hydrogen-bond donors (Lipinski definition) is 1. The first-order valence-corrected chi connectivity index (χ1v) is 8.92. The van der Waals surface area contributed by atoms with E-state index >= 15 is 0 Å². The molecule has 0 saturated heterocycles. The number of hydrogen-bond acceptors (Lipinski definition) is 8. The number of benzene rings is 1. The number of tetrazole rings is 1. The van der Waals surface area contributed by atoms with Crippen molar-refractivity contribution in [2.24, 2.45) is 0 Å². The molecule has 1 N–H and O–H groups in total. The van der Waals surface area contributed by atoms with Crippen LogP contribution >= 0.6 is 11.3 Å². The van der Waals surface area contributed by atoms with E-state index in [0.29, 0.717) is 37.9 Å². The average molecular weight is 400 g/mol. The zero-order chi connectivity index (χ0) is 19.8.